The second-order valence-corrected chi connectivity index (χ2v) is 5.54. The summed E-state index contributed by atoms with van der Waals surface area (Å²) in [7, 11) is 0. The number of nitrogens with two attached hydrogens (primary N) is 1. The Bertz CT molecular complexity index is 408. The SMILES string of the molecule is Cl.N[C@@H](c1c(F)ccc(Br)c1F)C1CCCCC1. The van der Waals surface area contributed by atoms with Crippen LogP contribution in [0.5, 0.6) is 0 Å². The van der Waals surface area contributed by atoms with Crippen LogP contribution in [-0.4, -0.2) is 0 Å². The second kappa shape index (κ2) is 6.83. The molecule has 0 aromatic heterocycles. The average molecular weight is 341 g/mol. The van der Waals surface area contributed by atoms with Crippen LogP contribution in [0.25, 0.3) is 0 Å². The highest BCUT2D eigenvalue weighted by Gasteiger charge is 2.27. The lowest BCUT2D eigenvalue weighted by Gasteiger charge is -2.28. The molecule has 2 rings (SSSR count). The maximum Gasteiger partial charge on any atom is 0.145 e. The Kier molecular flexibility index (Phi) is 6.02. The van der Waals surface area contributed by atoms with Crippen molar-refractivity contribution in [2.45, 2.75) is 38.1 Å². The zero-order valence-corrected chi connectivity index (χ0v) is 12.4. The maximum atomic E-state index is 13.9. The van der Waals surface area contributed by atoms with Gasteiger partial charge in [-0.1, -0.05) is 19.3 Å². The van der Waals surface area contributed by atoms with Gasteiger partial charge in [-0.25, -0.2) is 8.78 Å². The molecule has 0 heterocycles. The van der Waals surface area contributed by atoms with Crippen molar-refractivity contribution in [1.29, 1.82) is 0 Å². The van der Waals surface area contributed by atoms with Crippen LogP contribution < -0.4 is 5.73 Å². The van der Waals surface area contributed by atoms with E-state index in [1.54, 1.807) is 0 Å². The van der Waals surface area contributed by atoms with E-state index in [1.165, 1.54) is 18.6 Å². The largest absolute Gasteiger partial charge is 0.324 e. The minimum absolute atomic E-state index is 0. The van der Waals surface area contributed by atoms with Gasteiger partial charge in [0, 0.05) is 11.6 Å². The first-order valence-corrected chi connectivity index (χ1v) is 6.79. The summed E-state index contributed by atoms with van der Waals surface area (Å²) in [5.74, 6) is -0.895. The molecule has 5 heteroatoms. The molecule has 1 atom stereocenters. The van der Waals surface area contributed by atoms with Crippen LogP contribution in [0.15, 0.2) is 16.6 Å². The third kappa shape index (κ3) is 3.22. The summed E-state index contributed by atoms with van der Waals surface area (Å²) in [6, 6.07) is 2.11. The quantitative estimate of drug-likeness (QED) is 0.774. The van der Waals surface area contributed by atoms with E-state index in [0.717, 1.165) is 25.7 Å². The van der Waals surface area contributed by atoms with Gasteiger partial charge in [0.2, 0.25) is 0 Å². The molecule has 1 aliphatic rings. The van der Waals surface area contributed by atoms with Crippen LogP contribution in [0.1, 0.15) is 43.7 Å². The highest BCUT2D eigenvalue weighted by Crippen LogP contribution is 2.36. The van der Waals surface area contributed by atoms with Crippen molar-refractivity contribution in [3.63, 3.8) is 0 Å². The number of hydrogen-bond donors (Lipinski definition) is 1. The molecule has 1 saturated carbocycles. The Hall–Kier alpha value is -0.190. The average Bonchev–Trinajstić information content (AvgIpc) is 2.35. The summed E-state index contributed by atoms with van der Waals surface area (Å²) in [4.78, 5) is 0. The van der Waals surface area contributed by atoms with E-state index in [1.807, 2.05) is 0 Å². The van der Waals surface area contributed by atoms with Crippen molar-refractivity contribution in [3.8, 4) is 0 Å². The molecule has 0 unspecified atom stereocenters. The highest BCUT2D eigenvalue weighted by atomic mass is 79.9. The van der Waals surface area contributed by atoms with Crippen molar-refractivity contribution in [1.82, 2.24) is 0 Å². The van der Waals surface area contributed by atoms with Gasteiger partial charge in [-0.15, -0.1) is 12.4 Å². The zero-order chi connectivity index (χ0) is 12.4. The summed E-state index contributed by atoms with van der Waals surface area (Å²) < 4.78 is 27.9. The molecule has 1 aromatic carbocycles. The normalized spacial score (nSPS) is 18.2. The molecule has 1 fully saturated rings. The Morgan fingerprint density at radius 2 is 1.78 bits per heavy atom. The van der Waals surface area contributed by atoms with Crippen LogP contribution in [-0.2, 0) is 0 Å². The molecule has 0 aliphatic heterocycles. The maximum absolute atomic E-state index is 13.9. The van der Waals surface area contributed by atoms with E-state index in [0.29, 0.717) is 0 Å². The van der Waals surface area contributed by atoms with E-state index in [-0.39, 0.29) is 28.4 Å². The fourth-order valence-corrected chi connectivity index (χ4v) is 2.92. The van der Waals surface area contributed by atoms with Crippen molar-refractivity contribution in [3.05, 3.63) is 33.8 Å². The Morgan fingerprint density at radius 1 is 1.17 bits per heavy atom. The second-order valence-electron chi connectivity index (χ2n) is 4.68. The summed E-state index contributed by atoms with van der Waals surface area (Å²) in [5, 5.41) is 0. The molecule has 1 nitrogen and oxygen atoms in total. The Labute approximate surface area is 121 Å². The van der Waals surface area contributed by atoms with E-state index in [9.17, 15) is 8.78 Å². The first kappa shape index (κ1) is 15.9. The van der Waals surface area contributed by atoms with Gasteiger partial charge < -0.3 is 5.73 Å². The first-order chi connectivity index (χ1) is 8.11. The molecule has 0 radical (unpaired) electrons. The molecule has 0 amide bonds. The van der Waals surface area contributed by atoms with Gasteiger partial charge in [0.1, 0.15) is 11.6 Å². The Morgan fingerprint density at radius 3 is 2.39 bits per heavy atom. The van der Waals surface area contributed by atoms with E-state index in [2.05, 4.69) is 15.9 Å². The lowest BCUT2D eigenvalue weighted by Crippen LogP contribution is -2.25. The molecular formula is C13H17BrClF2N. The van der Waals surface area contributed by atoms with Crippen molar-refractivity contribution >= 4 is 28.3 Å². The van der Waals surface area contributed by atoms with E-state index < -0.39 is 17.7 Å². The lowest BCUT2D eigenvalue weighted by atomic mass is 9.81. The van der Waals surface area contributed by atoms with Crippen LogP contribution in [0, 0.1) is 17.6 Å². The molecule has 0 spiro atoms. The van der Waals surface area contributed by atoms with Crippen LogP contribution in [0.3, 0.4) is 0 Å². The highest BCUT2D eigenvalue weighted by molar-refractivity contribution is 9.10. The van der Waals surface area contributed by atoms with Crippen molar-refractivity contribution < 1.29 is 8.78 Å². The predicted molar refractivity (Wildman–Crippen MR) is 74.8 cm³/mol. The third-order valence-electron chi connectivity index (χ3n) is 3.57. The monoisotopic (exact) mass is 339 g/mol. The van der Waals surface area contributed by atoms with Gasteiger partial charge in [-0.2, -0.15) is 0 Å². The van der Waals surface area contributed by atoms with Gasteiger partial charge >= 0.3 is 0 Å². The predicted octanol–water partition coefficient (Wildman–Crippen LogP) is 4.73. The van der Waals surface area contributed by atoms with Gasteiger partial charge in [-0.3, -0.25) is 0 Å². The van der Waals surface area contributed by atoms with Gasteiger partial charge in [0.05, 0.1) is 4.47 Å². The Balaban J connectivity index is 0.00000162. The molecule has 18 heavy (non-hydrogen) atoms. The molecular weight excluding hydrogens is 324 g/mol. The van der Waals surface area contributed by atoms with Crippen LogP contribution >= 0.6 is 28.3 Å². The van der Waals surface area contributed by atoms with E-state index >= 15 is 0 Å². The first-order valence-electron chi connectivity index (χ1n) is 6.00. The smallest absolute Gasteiger partial charge is 0.145 e. The third-order valence-corrected chi connectivity index (χ3v) is 4.18. The molecule has 0 bridgehead atoms. The van der Waals surface area contributed by atoms with Gasteiger partial charge in [0.25, 0.3) is 0 Å². The number of halogens is 4. The summed E-state index contributed by atoms with van der Waals surface area (Å²) in [6.07, 6.45) is 5.34. The fourth-order valence-electron chi connectivity index (χ4n) is 2.58. The molecule has 0 saturated heterocycles. The summed E-state index contributed by atoms with van der Waals surface area (Å²) in [5.41, 5.74) is 6.07. The number of benzene rings is 1. The van der Waals surface area contributed by atoms with Crippen molar-refractivity contribution in [2.75, 3.05) is 0 Å². The summed E-state index contributed by atoms with van der Waals surface area (Å²) in [6.45, 7) is 0. The van der Waals surface area contributed by atoms with Gasteiger partial charge in [-0.05, 0) is 46.8 Å². The minimum Gasteiger partial charge on any atom is -0.324 e. The summed E-state index contributed by atoms with van der Waals surface area (Å²) >= 11 is 3.08. The number of hydrogen-bond acceptors (Lipinski definition) is 1. The standard InChI is InChI=1S/C13H16BrF2N.ClH/c14-9-6-7-10(15)11(12(9)16)13(17)8-4-2-1-3-5-8;/h6-8,13H,1-5,17H2;1H/t13-;/m1./s1. The van der Waals surface area contributed by atoms with Crippen molar-refractivity contribution in [2.24, 2.45) is 11.7 Å². The number of rotatable bonds is 2. The zero-order valence-electron chi connectivity index (χ0n) is 9.96. The molecule has 2 N–H and O–H groups in total. The molecule has 102 valence electrons. The topological polar surface area (TPSA) is 26.0 Å². The van der Waals surface area contributed by atoms with E-state index in [4.69, 9.17) is 5.73 Å². The lowest BCUT2D eigenvalue weighted by molar-refractivity contribution is 0.298. The minimum atomic E-state index is -0.553. The van der Waals surface area contributed by atoms with Gasteiger partial charge in [0.15, 0.2) is 0 Å². The fraction of sp³-hybridized carbons (Fsp3) is 0.538. The molecule has 1 aliphatic carbocycles. The molecule has 1 aromatic rings. The van der Waals surface area contributed by atoms with Crippen LogP contribution in [0.4, 0.5) is 8.78 Å². The van der Waals surface area contributed by atoms with Crippen LogP contribution in [0.2, 0.25) is 0 Å².